The molecule has 0 amide bonds. The molecule has 0 fully saturated rings. The summed E-state index contributed by atoms with van der Waals surface area (Å²) in [5.74, 6) is 0. The van der Waals surface area contributed by atoms with Gasteiger partial charge >= 0.3 is 0 Å². The van der Waals surface area contributed by atoms with Gasteiger partial charge in [-0.1, -0.05) is 6.07 Å². The van der Waals surface area contributed by atoms with Gasteiger partial charge in [0.2, 0.25) is 0 Å². The highest BCUT2D eigenvalue weighted by atomic mass is 15.0. The van der Waals surface area contributed by atoms with E-state index in [9.17, 15) is 0 Å². The predicted molar refractivity (Wildman–Crippen MR) is 47.6 cm³/mol. The fourth-order valence-electron chi connectivity index (χ4n) is 1.17. The van der Waals surface area contributed by atoms with E-state index in [-0.39, 0.29) is 5.71 Å². The van der Waals surface area contributed by atoms with E-state index >= 15 is 0 Å². The summed E-state index contributed by atoms with van der Waals surface area (Å²) in [6.07, 6.45) is 3.31. The van der Waals surface area contributed by atoms with E-state index in [1.54, 1.807) is 16.7 Å². The van der Waals surface area contributed by atoms with Crippen molar-refractivity contribution in [2.75, 3.05) is 0 Å². The molecule has 0 aliphatic carbocycles. The highest BCUT2D eigenvalue weighted by molar-refractivity contribution is 6.08. The molecule has 1 N–H and O–H groups in total. The van der Waals surface area contributed by atoms with Gasteiger partial charge in [0.25, 0.3) is 0 Å². The van der Waals surface area contributed by atoms with Gasteiger partial charge < -0.3 is 0 Å². The third-order valence-electron chi connectivity index (χ3n) is 1.78. The summed E-state index contributed by atoms with van der Waals surface area (Å²) >= 11 is 0. The maximum atomic E-state index is 8.55. The van der Waals surface area contributed by atoms with Crippen LogP contribution in [0.2, 0.25) is 0 Å². The van der Waals surface area contributed by atoms with Gasteiger partial charge in [-0.2, -0.15) is 5.26 Å². The fraction of sp³-hybridized carbons (Fsp3) is 0. The first kappa shape index (κ1) is 7.50. The number of nitrogens with one attached hydrogen (secondary N) is 1. The zero-order chi connectivity index (χ0) is 9.26. The summed E-state index contributed by atoms with van der Waals surface area (Å²) in [6.45, 7) is 0. The van der Waals surface area contributed by atoms with Crippen LogP contribution in [0.5, 0.6) is 0 Å². The van der Waals surface area contributed by atoms with Gasteiger partial charge in [0.1, 0.15) is 17.4 Å². The Labute approximate surface area is 74.6 Å². The van der Waals surface area contributed by atoms with E-state index in [2.05, 4.69) is 4.98 Å². The van der Waals surface area contributed by atoms with Crippen LogP contribution in [0.3, 0.4) is 0 Å². The first-order valence-electron chi connectivity index (χ1n) is 3.74. The number of hydrogen-bond acceptors (Lipinski definition) is 3. The highest BCUT2D eigenvalue weighted by Gasteiger charge is 2.05. The van der Waals surface area contributed by atoms with Crippen molar-refractivity contribution in [3.8, 4) is 6.07 Å². The Hall–Kier alpha value is -2.15. The van der Waals surface area contributed by atoms with Crippen LogP contribution in [0, 0.1) is 16.7 Å². The van der Waals surface area contributed by atoms with Crippen LogP contribution >= 0.6 is 0 Å². The quantitative estimate of drug-likeness (QED) is 0.654. The number of aromatic nitrogens is 2. The number of hydrogen-bond donors (Lipinski definition) is 1. The molecule has 0 aliphatic rings. The minimum Gasteiger partial charge on any atom is -0.298 e. The Morgan fingerprint density at radius 1 is 1.54 bits per heavy atom. The SMILES string of the molecule is N#CC(=N)c1cnc2ccccn12. The van der Waals surface area contributed by atoms with Crippen LogP contribution in [0.4, 0.5) is 0 Å². The molecule has 0 atom stereocenters. The number of pyridine rings is 1. The van der Waals surface area contributed by atoms with Crippen LogP contribution < -0.4 is 0 Å². The van der Waals surface area contributed by atoms with Crippen molar-refractivity contribution in [1.29, 1.82) is 10.7 Å². The van der Waals surface area contributed by atoms with Crippen LogP contribution in [0.25, 0.3) is 5.65 Å². The molecule has 0 radical (unpaired) electrons. The molecule has 0 aromatic carbocycles. The molecule has 4 heteroatoms. The maximum absolute atomic E-state index is 8.55. The van der Waals surface area contributed by atoms with Crippen LogP contribution in [0.1, 0.15) is 5.69 Å². The van der Waals surface area contributed by atoms with Crippen LogP contribution in [0.15, 0.2) is 30.6 Å². The van der Waals surface area contributed by atoms with Crippen molar-refractivity contribution in [2.24, 2.45) is 0 Å². The van der Waals surface area contributed by atoms with Crippen molar-refractivity contribution in [3.63, 3.8) is 0 Å². The summed E-state index contributed by atoms with van der Waals surface area (Å²) in [4.78, 5) is 4.06. The van der Waals surface area contributed by atoms with Gasteiger partial charge in [-0.15, -0.1) is 0 Å². The van der Waals surface area contributed by atoms with E-state index in [1.807, 2.05) is 18.2 Å². The van der Waals surface area contributed by atoms with Crippen molar-refractivity contribution in [3.05, 3.63) is 36.3 Å². The van der Waals surface area contributed by atoms with Crippen molar-refractivity contribution >= 4 is 11.4 Å². The zero-order valence-electron chi connectivity index (χ0n) is 6.73. The number of nitriles is 1. The zero-order valence-corrected chi connectivity index (χ0v) is 6.73. The normalized spacial score (nSPS) is 9.77. The molecule has 2 heterocycles. The maximum Gasteiger partial charge on any atom is 0.158 e. The Balaban J connectivity index is 2.73. The van der Waals surface area contributed by atoms with Crippen LogP contribution in [-0.2, 0) is 0 Å². The molecule has 0 aliphatic heterocycles. The van der Waals surface area contributed by atoms with E-state index < -0.39 is 0 Å². The summed E-state index contributed by atoms with van der Waals surface area (Å²) in [5.41, 5.74) is 1.20. The van der Waals surface area contributed by atoms with Crippen LogP contribution in [-0.4, -0.2) is 15.1 Å². The van der Waals surface area contributed by atoms with Gasteiger partial charge in [0, 0.05) is 6.20 Å². The predicted octanol–water partition coefficient (Wildman–Crippen LogP) is 1.23. The third-order valence-corrected chi connectivity index (χ3v) is 1.78. The second-order valence-corrected chi connectivity index (χ2v) is 2.56. The van der Waals surface area contributed by atoms with Gasteiger partial charge in [0.15, 0.2) is 5.71 Å². The van der Waals surface area contributed by atoms with Gasteiger partial charge in [-0.05, 0) is 12.1 Å². The molecule has 2 aromatic rings. The molecule has 2 aromatic heterocycles. The molecule has 13 heavy (non-hydrogen) atoms. The van der Waals surface area contributed by atoms with E-state index in [0.717, 1.165) is 5.65 Å². The van der Waals surface area contributed by atoms with Crippen molar-refractivity contribution < 1.29 is 0 Å². The summed E-state index contributed by atoms with van der Waals surface area (Å²) in [7, 11) is 0. The monoisotopic (exact) mass is 170 g/mol. The lowest BCUT2D eigenvalue weighted by Gasteiger charge is -1.95. The Bertz CT molecular complexity index is 504. The third kappa shape index (κ3) is 1.07. The summed E-state index contributed by atoms with van der Waals surface area (Å²) in [5, 5.41) is 15.9. The highest BCUT2D eigenvalue weighted by Crippen LogP contribution is 2.05. The first-order valence-corrected chi connectivity index (χ1v) is 3.74. The number of fused-ring (bicyclic) bond motifs is 1. The topological polar surface area (TPSA) is 64.9 Å². The molecule has 2 rings (SSSR count). The molecule has 0 saturated carbocycles. The average Bonchev–Trinajstić information content (AvgIpc) is 2.60. The molecular weight excluding hydrogens is 164 g/mol. The molecule has 0 saturated heterocycles. The van der Waals surface area contributed by atoms with Crippen molar-refractivity contribution in [1.82, 2.24) is 9.38 Å². The minimum atomic E-state index is -0.0706. The molecule has 62 valence electrons. The van der Waals surface area contributed by atoms with E-state index in [1.165, 1.54) is 6.20 Å². The Morgan fingerprint density at radius 3 is 3.15 bits per heavy atom. The van der Waals surface area contributed by atoms with E-state index in [4.69, 9.17) is 10.7 Å². The molecule has 0 unspecified atom stereocenters. The lowest BCUT2D eigenvalue weighted by Crippen LogP contribution is -1.99. The molecule has 0 bridgehead atoms. The lowest BCUT2D eigenvalue weighted by atomic mass is 10.3. The lowest BCUT2D eigenvalue weighted by molar-refractivity contribution is 1.16. The number of rotatable bonds is 1. The van der Waals surface area contributed by atoms with Gasteiger partial charge in [0.05, 0.1) is 6.20 Å². The first-order chi connectivity index (χ1) is 6.33. The Morgan fingerprint density at radius 2 is 2.38 bits per heavy atom. The summed E-state index contributed by atoms with van der Waals surface area (Å²) in [6, 6.07) is 7.31. The second-order valence-electron chi connectivity index (χ2n) is 2.56. The minimum absolute atomic E-state index is 0.0706. The number of imidazole rings is 1. The molecule has 4 nitrogen and oxygen atoms in total. The molecule has 0 spiro atoms. The Kier molecular flexibility index (Phi) is 1.57. The number of nitrogens with zero attached hydrogens (tertiary/aromatic N) is 3. The van der Waals surface area contributed by atoms with Crippen molar-refractivity contribution in [2.45, 2.75) is 0 Å². The smallest absolute Gasteiger partial charge is 0.158 e. The summed E-state index contributed by atoms with van der Waals surface area (Å²) < 4.78 is 1.71. The fourth-order valence-corrected chi connectivity index (χ4v) is 1.17. The second kappa shape index (κ2) is 2.72. The standard InChI is InChI=1S/C9H6N4/c10-5-7(11)8-6-12-9-3-1-2-4-13(8)9/h1-4,6,11H. The largest absolute Gasteiger partial charge is 0.298 e. The molecular formula is C9H6N4. The van der Waals surface area contributed by atoms with Gasteiger partial charge in [-0.25, -0.2) is 4.98 Å². The van der Waals surface area contributed by atoms with E-state index in [0.29, 0.717) is 5.69 Å². The van der Waals surface area contributed by atoms with Gasteiger partial charge in [-0.3, -0.25) is 9.81 Å². The average molecular weight is 170 g/mol.